The molecule has 0 aliphatic heterocycles. The van der Waals surface area contributed by atoms with Crippen LogP contribution in [-0.4, -0.2) is 25.5 Å². The molecule has 0 heterocycles. The van der Waals surface area contributed by atoms with Gasteiger partial charge in [0.2, 0.25) is 11.8 Å². The van der Waals surface area contributed by atoms with E-state index in [4.69, 9.17) is 4.74 Å². The van der Waals surface area contributed by atoms with E-state index in [0.717, 1.165) is 47.4 Å². The van der Waals surface area contributed by atoms with Crippen LogP contribution < -0.4 is 15.4 Å². The van der Waals surface area contributed by atoms with Crippen molar-refractivity contribution in [1.82, 2.24) is 5.32 Å². The normalized spacial score (nSPS) is 17.5. The number of aryl methyl sites for hydroxylation is 2. The fraction of sp³-hybridized carbons (Fsp3) is 0.417. The predicted octanol–water partition coefficient (Wildman–Crippen LogP) is 3.75. The molecule has 2 N–H and O–H groups in total. The van der Waals surface area contributed by atoms with Crippen molar-refractivity contribution in [1.29, 1.82) is 0 Å². The summed E-state index contributed by atoms with van der Waals surface area (Å²) < 4.78 is 5.22. The van der Waals surface area contributed by atoms with Gasteiger partial charge in [-0.05, 0) is 54.5 Å². The number of rotatable bonds is 9. The van der Waals surface area contributed by atoms with Crippen molar-refractivity contribution in [3.8, 4) is 5.75 Å². The highest BCUT2D eigenvalue weighted by atomic mass is 16.5. The van der Waals surface area contributed by atoms with E-state index in [0.29, 0.717) is 13.0 Å². The monoisotopic (exact) mass is 394 g/mol. The van der Waals surface area contributed by atoms with Crippen LogP contribution in [0.1, 0.15) is 37.0 Å². The number of benzene rings is 2. The molecule has 3 rings (SSSR count). The van der Waals surface area contributed by atoms with E-state index >= 15 is 0 Å². The molecular formula is C24H30N2O3. The molecule has 0 spiro atoms. The Kier molecular flexibility index (Phi) is 6.91. The van der Waals surface area contributed by atoms with Crippen LogP contribution in [0.15, 0.2) is 42.5 Å². The molecule has 2 amide bonds. The number of carbonyl (C=O) groups is 2. The number of methoxy groups -OCH3 is 1. The summed E-state index contributed by atoms with van der Waals surface area (Å²) >= 11 is 0. The quantitative estimate of drug-likeness (QED) is 0.681. The van der Waals surface area contributed by atoms with Crippen LogP contribution in [-0.2, 0) is 28.9 Å². The first-order chi connectivity index (χ1) is 14.1. The summed E-state index contributed by atoms with van der Waals surface area (Å²) in [6, 6.07) is 13.9. The van der Waals surface area contributed by atoms with E-state index in [9.17, 15) is 9.59 Å². The van der Waals surface area contributed by atoms with Gasteiger partial charge in [0.25, 0.3) is 0 Å². The van der Waals surface area contributed by atoms with Gasteiger partial charge in [0.1, 0.15) is 5.75 Å². The molecule has 5 heteroatoms. The van der Waals surface area contributed by atoms with E-state index in [1.165, 1.54) is 0 Å². The van der Waals surface area contributed by atoms with Gasteiger partial charge >= 0.3 is 0 Å². The summed E-state index contributed by atoms with van der Waals surface area (Å²) in [6.45, 7) is 4.72. The Bertz CT molecular complexity index is 856. The summed E-state index contributed by atoms with van der Waals surface area (Å²) in [5.74, 6) is 0.272. The summed E-state index contributed by atoms with van der Waals surface area (Å²) in [5.41, 5.74) is 4.31. The van der Waals surface area contributed by atoms with E-state index in [2.05, 4.69) is 24.5 Å². The fourth-order valence-electron chi connectivity index (χ4n) is 3.68. The van der Waals surface area contributed by atoms with Crippen molar-refractivity contribution in [3.05, 3.63) is 59.2 Å². The van der Waals surface area contributed by atoms with Gasteiger partial charge < -0.3 is 15.4 Å². The Balaban J connectivity index is 1.50. The predicted molar refractivity (Wildman–Crippen MR) is 115 cm³/mol. The number of ether oxygens (including phenoxy) is 1. The molecule has 1 aliphatic carbocycles. The minimum atomic E-state index is -0.235. The van der Waals surface area contributed by atoms with Gasteiger partial charge in [0.05, 0.1) is 18.9 Å². The third-order valence-corrected chi connectivity index (χ3v) is 5.56. The maximum Gasteiger partial charge on any atom is 0.228 e. The Morgan fingerprint density at radius 2 is 1.66 bits per heavy atom. The van der Waals surface area contributed by atoms with Gasteiger partial charge in [-0.15, -0.1) is 0 Å². The molecule has 1 fully saturated rings. The first-order valence-corrected chi connectivity index (χ1v) is 10.4. The number of carbonyl (C=O) groups excluding carboxylic acids is 2. The first-order valence-electron chi connectivity index (χ1n) is 10.4. The highest BCUT2D eigenvalue weighted by Crippen LogP contribution is 2.40. The van der Waals surface area contributed by atoms with Crippen LogP contribution in [0.4, 0.5) is 5.69 Å². The van der Waals surface area contributed by atoms with Crippen LogP contribution in [0, 0.1) is 11.8 Å². The lowest BCUT2D eigenvalue weighted by molar-refractivity contribution is -0.125. The number of nitrogens with one attached hydrogen (secondary N) is 2. The molecule has 0 aromatic heterocycles. The molecule has 1 saturated carbocycles. The zero-order chi connectivity index (χ0) is 20.8. The minimum Gasteiger partial charge on any atom is -0.497 e. The molecule has 29 heavy (non-hydrogen) atoms. The number of para-hydroxylation sites is 1. The second kappa shape index (κ2) is 9.59. The van der Waals surface area contributed by atoms with Crippen molar-refractivity contribution >= 4 is 17.5 Å². The SMILES string of the molecule is CCc1cccc(CC)c1NC(=O)C1CC1C(=O)NCCc1cccc(OC)c1. The van der Waals surface area contributed by atoms with Gasteiger partial charge in [-0.1, -0.05) is 44.2 Å². The van der Waals surface area contributed by atoms with E-state index in [1.54, 1.807) is 7.11 Å². The third-order valence-electron chi connectivity index (χ3n) is 5.56. The number of amides is 2. The van der Waals surface area contributed by atoms with Gasteiger partial charge in [0.15, 0.2) is 0 Å². The van der Waals surface area contributed by atoms with Crippen LogP contribution >= 0.6 is 0 Å². The largest absolute Gasteiger partial charge is 0.497 e. The molecule has 0 radical (unpaired) electrons. The summed E-state index contributed by atoms with van der Waals surface area (Å²) in [4.78, 5) is 25.1. The van der Waals surface area contributed by atoms with Gasteiger partial charge in [-0.2, -0.15) is 0 Å². The highest BCUT2D eigenvalue weighted by molar-refractivity contribution is 6.00. The van der Waals surface area contributed by atoms with Crippen molar-refractivity contribution in [2.24, 2.45) is 11.8 Å². The lowest BCUT2D eigenvalue weighted by Crippen LogP contribution is -2.29. The highest BCUT2D eigenvalue weighted by Gasteiger charge is 2.48. The number of hydrogen-bond donors (Lipinski definition) is 2. The lowest BCUT2D eigenvalue weighted by Gasteiger charge is -2.14. The van der Waals surface area contributed by atoms with E-state index in [-0.39, 0.29) is 23.7 Å². The van der Waals surface area contributed by atoms with Crippen LogP contribution in [0.5, 0.6) is 5.75 Å². The second-order valence-electron chi connectivity index (χ2n) is 7.49. The van der Waals surface area contributed by atoms with E-state index < -0.39 is 0 Å². The maximum absolute atomic E-state index is 12.7. The fourth-order valence-corrected chi connectivity index (χ4v) is 3.68. The van der Waals surface area contributed by atoms with Gasteiger partial charge in [-0.3, -0.25) is 9.59 Å². The molecule has 2 atom stereocenters. The Labute approximate surface area is 172 Å². The van der Waals surface area contributed by atoms with Crippen LogP contribution in [0.3, 0.4) is 0 Å². The average molecular weight is 395 g/mol. The molecule has 0 saturated heterocycles. The molecule has 2 aromatic carbocycles. The Hall–Kier alpha value is -2.82. The van der Waals surface area contributed by atoms with Gasteiger partial charge in [0, 0.05) is 12.2 Å². The number of hydrogen-bond acceptors (Lipinski definition) is 3. The number of anilines is 1. The van der Waals surface area contributed by atoms with Gasteiger partial charge in [-0.25, -0.2) is 0 Å². The van der Waals surface area contributed by atoms with Crippen molar-refractivity contribution < 1.29 is 14.3 Å². The van der Waals surface area contributed by atoms with Crippen LogP contribution in [0.2, 0.25) is 0 Å². The molecule has 154 valence electrons. The van der Waals surface area contributed by atoms with Crippen molar-refractivity contribution in [3.63, 3.8) is 0 Å². The molecule has 0 bridgehead atoms. The second-order valence-corrected chi connectivity index (χ2v) is 7.49. The third kappa shape index (κ3) is 5.17. The smallest absolute Gasteiger partial charge is 0.228 e. The summed E-state index contributed by atoms with van der Waals surface area (Å²) in [5, 5.41) is 6.05. The Morgan fingerprint density at radius 1 is 1.00 bits per heavy atom. The summed E-state index contributed by atoms with van der Waals surface area (Å²) in [7, 11) is 1.64. The summed E-state index contributed by atoms with van der Waals surface area (Å²) in [6.07, 6.45) is 3.08. The first kappa shape index (κ1) is 20.9. The Morgan fingerprint density at radius 3 is 2.31 bits per heavy atom. The molecule has 2 unspecified atom stereocenters. The van der Waals surface area contributed by atoms with Crippen LogP contribution in [0.25, 0.3) is 0 Å². The molecule has 5 nitrogen and oxygen atoms in total. The molecule has 2 aromatic rings. The minimum absolute atomic E-state index is 0.0347. The topological polar surface area (TPSA) is 67.4 Å². The molecule has 1 aliphatic rings. The molecular weight excluding hydrogens is 364 g/mol. The maximum atomic E-state index is 12.7. The van der Waals surface area contributed by atoms with E-state index in [1.807, 2.05) is 42.5 Å². The lowest BCUT2D eigenvalue weighted by atomic mass is 10.0. The zero-order valence-corrected chi connectivity index (χ0v) is 17.5. The average Bonchev–Trinajstić information content (AvgIpc) is 3.55. The zero-order valence-electron chi connectivity index (χ0n) is 17.5. The van der Waals surface area contributed by atoms with Crippen molar-refractivity contribution in [2.45, 2.75) is 39.5 Å². The van der Waals surface area contributed by atoms with Crippen molar-refractivity contribution in [2.75, 3.05) is 19.0 Å². The standard InChI is InChI=1S/C24H30N2O3/c1-4-17-9-7-10-18(5-2)22(17)26-24(28)21-15-20(21)23(27)25-13-12-16-8-6-11-19(14-16)29-3/h6-11,14,20-21H,4-5,12-13,15H2,1-3H3,(H,25,27)(H,26,28).